The number of rotatable bonds is 4. The molecule has 1 amide bonds. The number of hydrogen-bond donors (Lipinski definition) is 1. The number of nitrogens with two attached hydrogens (primary N) is 1. The molecule has 4 rings (SSSR count). The van der Waals surface area contributed by atoms with Crippen molar-refractivity contribution in [3.05, 3.63) is 64.8 Å². The summed E-state index contributed by atoms with van der Waals surface area (Å²) in [6, 6.07) is 14.4. The lowest BCUT2D eigenvalue weighted by Gasteiger charge is -2.20. The van der Waals surface area contributed by atoms with Gasteiger partial charge in [0.05, 0.1) is 47.4 Å². The number of nitrogen functional groups attached to an aromatic ring is 1. The van der Waals surface area contributed by atoms with Crippen LogP contribution in [0.2, 0.25) is 0 Å². The topological polar surface area (TPSA) is 110 Å². The molecule has 30 heavy (non-hydrogen) atoms. The molecule has 0 aliphatic rings. The Hall–Kier alpha value is -3.96. The van der Waals surface area contributed by atoms with Crippen LogP contribution in [0.3, 0.4) is 0 Å². The van der Waals surface area contributed by atoms with E-state index in [9.17, 15) is 4.79 Å². The highest BCUT2D eigenvalue weighted by atomic mass is 16.7. The van der Waals surface area contributed by atoms with Gasteiger partial charge in [0.25, 0.3) is 5.91 Å². The second-order valence-corrected chi connectivity index (χ2v) is 6.99. The lowest BCUT2D eigenvalue weighted by Crippen LogP contribution is -2.29. The fourth-order valence-electron chi connectivity index (χ4n) is 3.63. The normalized spacial score (nSPS) is 11.0. The van der Waals surface area contributed by atoms with Crippen molar-refractivity contribution in [2.75, 3.05) is 12.8 Å². The summed E-state index contributed by atoms with van der Waals surface area (Å²) in [7, 11) is 3.29. The predicted octanol–water partition coefficient (Wildman–Crippen LogP) is 3.09. The minimum absolute atomic E-state index is 0.249. The molecule has 0 aliphatic heterocycles. The monoisotopic (exact) mass is 400 g/mol. The van der Waals surface area contributed by atoms with Crippen molar-refractivity contribution >= 4 is 33.5 Å². The van der Waals surface area contributed by atoms with Crippen LogP contribution in [0.4, 0.5) is 5.82 Å². The van der Waals surface area contributed by atoms with Crippen molar-refractivity contribution in [2.24, 2.45) is 7.05 Å². The summed E-state index contributed by atoms with van der Waals surface area (Å²) in [5.41, 5.74) is 10.3. The summed E-state index contributed by atoms with van der Waals surface area (Å²) in [4.78, 5) is 22.9. The number of benzene rings is 2. The Morgan fingerprint density at radius 1 is 1.27 bits per heavy atom. The summed E-state index contributed by atoms with van der Waals surface area (Å²) < 4.78 is 1.75. The third-order valence-electron chi connectivity index (χ3n) is 5.07. The van der Waals surface area contributed by atoms with Crippen LogP contribution in [0.25, 0.3) is 21.8 Å². The molecule has 2 heterocycles. The molecule has 150 valence electrons. The second-order valence-electron chi connectivity index (χ2n) is 6.99. The number of aromatic nitrogens is 3. The molecule has 8 heteroatoms. The van der Waals surface area contributed by atoms with Crippen LogP contribution >= 0.6 is 0 Å². The number of anilines is 1. The van der Waals surface area contributed by atoms with E-state index in [4.69, 9.17) is 15.8 Å². The van der Waals surface area contributed by atoms with Gasteiger partial charge in [0.15, 0.2) is 0 Å². The van der Waals surface area contributed by atoms with Gasteiger partial charge in [-0.05, 0) is 42.8 Å². The van der Waals surface area contributed by atoms with Gasteiger partial charge in [-0.25, -0.2) is 10.0 Å². The molecular formula is C22H20N6O2. The quantitative estimate of drug-likeness (QED) is 0.527. The van der Waals surface area contributed by atoms with Gasteiger partial charge in [-0.2, -0.15) is 10.4 Å². The molecule has 0 spiro atoms. The molecule has 0 fully saturated rings. The smallest absolute Gasteiger partial charge is 0.277 e. The summed E-state index contributed by atoms with van der Waals surface area (Å²) in [5, 5.41) is 16.2. The zero-order valence-corrected chi connectivity index (χ0v) is 16.9. The van der Waals surface area contributed by atoms with E-state index in [1.54, 1.807) is 47.1 Å². The first-order valence-corrected chi connectivity index (χ1v) is 9.30. The van der Waals surface area contributed by atoms with E-state index in [1.165, 1.54) is 12.2 Å². The molecule has 0 saturated carbocycles. The second kappa shape index (κ2) is 7.46. The summed E-state index contributed by atoms with van der Waals surface area (Å²) in [6.45, 7) is 2.13. The number of aryl methyl sites for hydroxylation is 2. The fraction of sp³-hybridized carbons (Fsp3) is 0.182. The Balaban J connectivity index is 1.73. The summed E-state index contributed by atoms with van der Waals surface area (Å²) in [5.74, 6) is 0.133. The Morgan fingerprint density at radius 3 is 2.67 bits per heavy atom. The molecule has 2 aromatic carbocycles. The number of nitrogens with zero attached hydrogens (tertiary/aromatic N) is 5. The number of carbonyl (C=O) groups is 1. The van der Waals surface area contributed by atoms with Crippen LogP contribution in [0, 0.1) is 18.3 Å². The maximum atomic E-state index is 13.1. The molecule has 0 aliphatic carbocycles. The summed E-state index contributed by atoms with van der Waals surface area (Å²) in [6.07, 6.45) is 0. The van der Waals surface area contributed by atoms with E-state index in [0.717, 1.165) is 27.5 Å². The lowest BCUT2D eigenvalue weighted by atomic mass is 10.1. The van der Waals surface area contributed by atoms with E-state index in [-0.39, 0.29) is 12.5 Å². The van der Waals surface area contributed by atoms with Crippen LogP contribution in [0.15, 0.2) is 42.5 Å². The van der Waals surface area contributed by atoms with Crippen molar-refractivity contribution in [1.82, 2.24) is 19.8 Å². The van der Waals surface area contributed by atoms with Gasteiger partial charge in [-0.15, -0.1) is 0 Å². The highest BCUT2D eigenvalue weighted by molar-refractivity contribution is 6.11. The third-order valence-corrected chi connectivity index (χ3v) is 5.07. The number of nitriles is 1. The highest BCUT2D eigenvalue weighted by Gasteiger charge is 2.19. The van der Waals surface area contributed by atoms with E-state index in [2.05, 4.69) is 16.2 Å². The average Bonchev–Trinajstić information content (AvgIpc) is 3.06. The average molecular weight is 400 g/mol. The molecule has 0 unspecified atom stereocenters. The third kappa shape index (κ3) is 3.21. The Labute approximate surface area is 173 Å². The van der Waals surface area contributed by atoms with E-state index in [1.807, 2.05) is 14.0 Å². The first kappa shape index (κ1) is 19.4. The van der Waals surface area contributed by atoms with Crippen LogP contribution in [-0.2, 0) is 18.4 Å². The molecule has 8 nitrogen and oxygen atoms in total. The first-order valence-electron chi connectivity index (χ1n) is 9.30. The Kier molecular flexibility index (Phi) is 4.82. The molecule has 0 bridgehead atoms. The van der Waals surface area contributed by atoms with Gasteiger partial charge in [0.2, 0.25) is 0 Å². The largest absolute Gasteiger partial charge is 0.383 e. The standard InChI is InChI=1S/C22H20N6O2/c1-13-19-20(27(2)26-13)17-10-16(8-9-18(17)25-21(19)24)22(29)28(30-3)12-15-6-4-14(11-23)5-7-15/h4-10H,12H2,1-3H3,(H2,24,25). The molecular weight excluding hydrogens is 380 g/mol. The number of amides is 1. The molecule has 2 N–H and O–H groups in total. The van der Waals surface area contributed by atoms with Crippen LogP contribution in [0.5, 0.6) is 0 Å². The van der Waals surface area contributed by atoms with Crippen molar-refractivity contribution in [3.63, 3.8) is 0 Å². The van der Waals surface area contributed by atoms with Crippen LogP contribution in [0.1, 0.15) is 27.2 Å². The van der Waals surface area contributed by atoms with Crippen LogP contribution < -0.4 is 5.73 Å². The zero-order valence-electron chi connectivity index (χ0n) is 16.9. The number of carbonyl (C=O) groups excluding carboxylic acids is 1. The molecule has 2 aromatic heterocycles. The van der Waals surface area contributed by atoms with E-state index in [0.29, 0.717) is 22.5 Å². The predicted molar refractivity (Wildman–Crippen MR) is 113 cm³/mol. The minimum Gasteiger partial charge on any atom is -0.383 e. The van der Waals surface area contributed by atoms with Gasteiger partial charge < -0.3 is 5.73 Å². The zero-order chi connectivity index (χ0) is 21.4. The van der Waals surface area contributed by atoms with Gasteiger partial charge in [0.1, 0.15) is 5.82 Å². The van der Waals surface area contributed by atoms with Gasteiger partial charge in [-0.1, -0.05) is 12.1 Å². The molecule has 0 saturated heterocycles. The van der Waals surface area contributed by atoms with E-state index < -0.39 is 0 Å². The SMILES string of the molecule is CON(Cc1ccc(C#N)cc1)C(=O)c1ccc2nc(N)c3c(C)nn(C)c3c2c1. The first-order chi connectivity index (χ1) is 14.4. The van der Waals surface area contributed by atoms with Gasteiger partial charge in [0, 0.05) is 18.0 Å². The van der Waals surface area contributed by atoms with Crippen molar-refractivity contribution < 1.29 is 9.63 Å². The van der Waals surface area contributed by atoms with Crippen molar-refractivity contribution in [3.8, 4) is 6.07 Å². The minimum atomic E-state index is -0.285. The Morgan fingerprint density at radius 2 is 2.00 bits per heavy atom. The maximum absolute atomic E-state index is 13.1. The molecule has 0 atom stereocenters. The number of hydroxylamine groups is 2. The highest BCUT2D eigenvalue weighted by Crippen LogP contribution is 2.30. The van der Waals surface area contributed by atoms with E-state index >= 15 is 0 Å². The molecule has 0 radical (unpaired) electrons. The van der Waals surface area contributed by atoms with Crippen molar-refractivity contribution in [1.29, 1.82) is 5.26 Å². The molecule has 4 aromatic rings. The number of pyridine rings is 1. The van der Waals surface area contributed by atoms with Crippen LogP contribution in [-0.4, -0.2) is 32.8 Å². The number of hydrogen-bond acceptors (Lipinski definition) is 6. The summed E-state index contributed by atoms with van der Waals surface area (Å²) >= 11 is 0. The van der Waals surface area contributed by atoms with Gasteiger partial charge >= 0.3 is 0 Å². The fourth-order valence-corrected chi connectivity index (χ4v) is 3.63. The van der Waals surface area contributed by atoms with Gasteiger partial charge in [-0.3, -0.25) is 14.3 Å². The maximum Gasteiger partial charge on any atom is 0.277 e. The number of fused-ring (bicyclic) bond motifs is 3. The lowest BCUT2D eigenvalue weighted by molar-refractivity contribution is -0.102. The Bertz CT molecular complexity index is 1320. The van der Waals surface area contributed by atoms with Crippen molar-refractivity contribution in [2.45, 2.75) is 13.5 Å².